The molecule has 0 saturated carbocycles. The van der Waals surface area contributed by atoms with Crippen LogP contribution in [0.15, 0.2) is 18.2 Å². The number of hydrogen-bond acceptors (Lipinski definition) is 5. The van der Waals surface area contributed by atoms with Crippen LogP contribution in [0.5, 0.6) is 5.75 Å². The standard InChI is InChI=1S/C14H17ClN2O5/c1-8(18)22-7-13(19)17-11(14(16)20)6-9-3-4-12(21-2)10(15)5-9/h3-5,11H,6-7H2,1-2H3,(H2,16,20)(H,17,19)/t11-/m0/s1. The van der Waals surface area contributed by atoms with Crippen molar-refractivity contribution in [3.8, 4) is 5.75 Å². The molecule has 0 radical (unpaired) electrons. The Hall–Kier alpha value is -2.28. The lowest BCUT2D eigenvalue weighted by atomic mass is 10.1. The number of benzene rings is 1. The number of primary amides is 1. The van der Waals surface area contributed by atoms with Gasteiger partial charge in [-0.15, -0.1) is 0 Å². The maximum atomic E-state index is 11.6. The number of carbonyl (C=O) groups is 3. The molecule has 2 amide bonds. The van der Waals surface area contributed by atoms with E-state index in [1.54, 1.807) is 18.2 Å². The molecular weight excluding hydrogens is 312 g/mol. The Morgan fingerprint density at radius 2 is 2.05 bits per heavy atom. The summed E-state index contributed by atoms with van der Waals surface area (Å²) in [6, 6.07) is 4.04. The van der Waals surface area contributed by atoms with Crippen molar-refractivity contribution in [2.75, 3.05) is 13.7 Å². The summed E-state index contributed by atoms with van der Waals surface area (Å²) in [5, 5.41) is 2.79. The van der Waals surface area contributed by atoms with Crippen LogP contribution < -0.4 is 15.8 Å². The van der Waals surface area contributed by atoms with E-state index in [0.717, 1.165) is 0 Å². The van der Waals surface area contributed by atoms with E-state index < -0.39 is 30.4 Å². The summed E-state index contributed by atoms with van der Waals surface area (Å²) in [6.45, 7) is 0.709. The highest BCUT2D eigenvalue weighted by atomic mass is 35.5. The molecule has 0 aliphatic heterocycles. The molecule has 7 nitrogen and oxygen atoms in total. The molecule has 0 heterocycles. The van der Waals surface area contributed by atoms with Crippen LogP contribution in [0.3, 0.4) is 0 Å². The molecule has 3 N–H and O–H groups in total. The summed E-state index contributed by atoms with van der Waals surface area (Å²) in [4.78, 5) is 33.6. The van der Waals surface area contributed by atoms with E-state index in [9.17, 15) is 14.4 Å². The quantitative estimate of drug-likeness (QED) is 0.705. The van der Waals surface area contributed by atoms with Crippen molar-refractivity contribution in [3.05, 3.63) is 28.8 Å². The number of hydrogen-bond donors (Lipinski definition) is 2. The molecule has 1 aromatic carbocycles. The van der Waals surface area contributed by atoms with Gasteiger partial charge in [0.1, 0.15) is 11.8 Å². The summed E-state index contributed by atoms with van der Waals surface area (Å²) in [5.74, 6) is -1.41. The second kappa shape index (κ2) is 8.23. The zero-order valence-corrected chi connectivity index (χ0v) is 13.0. The summed E-state index contributed by atoms with van der Waals surface area (Å²) >= 11 is 6.00. The molecule has 1 rings (SSSR count). The zero-order valence-electron chi connectivity index (χ0n) is 12.2. The van der Waals surface area contributed by atoms with Crippen LogP contribution in [0.25, 0.3) is 0 Å². The molecule has 1 atom stereocenters. The molecule has 8 heteroatoms. The number of esters is 1. The van der Waals surface area contributed by atoms with Gasteiger partial charge in [0.25, 0.3) is 5.91 Å². The van der Waals surface area contributed by atoms with Gasteiger partial charge in [0.05, 0.1) is 12.1 Å². The fourth-order valence-corrected chi connectivity index (χ4v) is 1.98. The SMILES string of the molecule is COc1ccc(C[C@H](NC(=O)COC(C)=O)C(N)=O)cc1Cl. The van der Waals surface area contributed by atoms with Gasteiger partial charge in [-0.2, -0.15) is 0 Å². The minimum atomic E-state index is -0.937. The number of methoxy groups -OCH3 is 1. The Balaban J connectivity index is 2.72. The van der Waals surface area contributed by atoms with Gasteiger partial charge in [-0.05, 0) is 17.7 Å². The summed E-state index contributed by atoms with van der Waals surface area (Å²) in [7, 11) is 1.49. The Morgan fingerprint density at radius 3 is 2.55 bits per heavy atom. The van der Waals surface area contributed by atoms with E-state index in [-0.39, 0.29) is 6.42 Å². The molecule has 0 spiro atoms. The lowest BCUT2D eigenvalue weighted by molar-refractivity contribution is -0.146. The van der Waals surface area contributed by atoms with Crippen LogP contribution in [-0.4, -0.2) is 37.5 Å². The molecule has 0 fully saturated rings. The fourth-order valence-electron chi connectivity index (χ4n) is 1.70. The van der Waals surface area contributed by atoms with E-state index in [4.69, 9.17) is 22.1 Å². The first kappa shape index (κ1) is 17.8. The topological polar surface area (TPSA) is 108 Å². The van der Waals surface area contributed by atoms with Crippen molar-refractivity contribution < 1.29 is 23.9 Å². The normalized spacial score (nSPS) is 11.4. The van der Waals surface area contributed by atoms with E-state index in [0.29, 0.717) is 16.3 Å². The Morgan fingerprint density at radius 1 is 1.36 bits per heavy atom. The average Bonchev–Trinajstić information content (AvgIpc) is 2.44. The third-order valence-electron chi connectivity index (χ3n) is 2.74. The Bertz CT molecular complexity index is 576. The number of nitrogens with one attached hydrogen (secondary N) is 1. The number of halogens is 1. The summed E-state index contributed by atoms with van der Waals surface area (Å²) in [6.07, 6.45) is 0.158. The summed E-state index contributed by atoms with van der Waals surface area (Å²) < 4.78 is 9.57. The van der Waals surface area contributed by atoms with E-state index in [2.05, 4.69) is 10.1 Å². The van der Waals surface area contributed by atoms with E-state index >= 15 is 0 Å². The number of carbonyl (C=O) groups excluding carboxylic acids is 3. The lowest BCUT2D eigenvalue weighted by Gasteiger charge is -2.16. The molecule has 0 aliphatic rings. The first-order valence-electron chi connectivity index (χ1n) is 6.38. The maximum absolute atomic E-state index is 11.6. The molecule has 0 aliphatic carbocycles. The van der Waals surface area contributed by atoms with Gasteiger partial charge < -0.3 is 20.5 Å². The second-order valence-electron chi connectivity index (χ2n) is 4.48. The highest BCUT2D eigenvalue weighted by Gasteiger charge is 2.19. The van der Waals surface area contributed by atoms with Gasteiger partial charge in [-0.25, -0.2) is 0 Å². The van der Waals surface area contributed by atoms with Crippen molar-refractivity contribution in [2.45, 2.75) is 19.4 Å². The van der Waals surface area contributed by atoms with Crippen molar-refractivity contribution in [1.29, 1.82) is 0 Å². The minimum absolute atomic E-state index is 0.158. The zero-order chi connectivity index (χ0) is 16.7. The second-order valence-corrected chi connectivity index (χ2v) is 4.88. The fraction of sp³-hybridized carbons (Fsp3) is 0.357. The third-order valence-corrected chi connectivity index (χ3v) is 3.04. The van der Waals surface area contributed by atoms with Crippen LogP contribution in [-0.2, 0) is 25.5 Å². The highest BCUT2D eigenvalue weighted by Crippen LogP contribution is 2.25. The van der Waals surface area contributed by atoms with E-state index in [1.807, 2.05) is 0 Å². The average molecular weight is 329 g/mol. The number of amides is 2. The Labute approximate surface area is 132 Å². The van der Waals surface area contributed by atoms with Gasteiger partial charge >= 0.3 is 5.97 Å². The predicted octanol–water partition coefficient (Wildman–Crippen LogP) is 0.424. The molecule has 1 aromatic rings. The maximum Gasteiger partial charge on any atom is 0.303 e. The lowest BCUT2D eigenvalue weighted by Crippen LogP contribution is -2.47. The van der Waals surface area contributed by atoms with Crippen molar-refractivity contribution in [1.82, 2.24) is 5.32 Å². The number of ether oxygens (including phenoxy) is 2. The first-order valence-corrected chi connectivity index (χ1v) is 6.75. The molecule has 0 unspecified atom stereocenters. The highest BCUT2D eigenvalue weighted by molar-refractivity contribution is 6.32. The van der Waals surface area contributed by atoms with Crippen LogP contribution >= 0.6 is 11.6 Å². The van der Waals surface area contributed by atoms with Crippen LogP contribution in [0.4, 0.5) is 0 Å². The number of rotatable bonds is 7. The summed E-state index contributed by atoms with van der Waals surface area (Å²) in [5.41, 5.74) is 5.96. The van der Waals surface area contributed by atoms with Crippen molar-refractivity contribution in [3.63, 3.8) is 0 Å². The third kappa shape index (κ3) is 5.61. The monoisotopic (exact) mass is 328 g/mol. The van der Waals surface area contributed by atoms with Crippen molar-refractivity contribution in [2.24, 2.45) is 5.73 Å². The minimum Gasteiger partial charge on any atom is -0.495 e. The first-order chi connectivity index (χ1) is 10.3. The van der Waals surface area contributed by atoms with Gasteiger partial charge in [-0.1, -0.05) is 17.7 Å². The van der Waals surface area contributed by atoms with Gasteiger partial charge in [0, 0.05) is 13.3 Å². The van der Waals surface area contributed by atoms with Crippen LogP contribution in [0.1, 0.15) is 12.5 Å². The smallest absolute Gasteiger partial charge is 0.303 e. The van der Waals surface area contributed by atoms with Gasteiger partial charge in [0.15, 0.2) is 6.61 Å². The molecule has 22 heavy (non-hydrogen) atoms. The van der Waals surface area contributed by atoms with Crippen molar-refractivity contribution >= 4 is 29.4 Å². The van der Waals surface area contributed by atoms with Crippen LogP contribution in [0.2, 0.25) is 5.02 Å². The molecular formula is C14H17ClN2O5. The van der Waals surface area contributed by atoms with Crippen LogP contribution in [0, 0.1) is 0 Å². The van der Waals surface area contributed by atoms with Gasteiger partial charge in [0.2, 0.25) is 5.91 Å². The molecule has 120 valence electrons. The molecule has 0 aromatic heterocycles. The van der Waals surface area contributed by atoms with E-state index in [1.165, 1.54) is 14.0 Å². The molecule has 0 saturated heterocycles. The predicted molar refractivity (Wildman–Crippen MR) is 79.5 cm³/mol. The largest absolute Gasteiger partial charge is 0.495 e. The van der Waals surface area contributed by atoms with Gasteiger partial charge in [-0.3, -0.25) is 14.4 Å². The Kier molecular flexibility index (Phi) is 6.65. The number of nitrogens with two attached hydrogens (primary N) is 1. The molecule has 0 bridgehead atoms.